The first-order valence-corrected chi connectivity index (χ1v) is 13.0. The number of imidazole rings is 1. The van der Waals surface area contributed by atoms with Gasteiger partial charge in [0, 0.05) is 31.2 Å². The number of hydrogen-bond acceptors (Lipinski definition) is 6. The number of rotatable bonds is 1. The van der Waals surface area contributed by atoms with Crippen molar-refractivity contribution in [3.8, 4) is 0 Å². The lowest BCUT2D eigenvalue weighted by Gasteiger charge is -2.31. The van der Waals surface area contributed by atoms with E-state index in [9.17, 15) is 14.7 Å². The third-order valence-electron chi connectivity index (χ3n) is 8.19. The molecule has 0 saturated carbocycles. The molecule has 1 aromatic heterocycles. The van der Waals surface area contributed by atoms with Crippen LogP contribution < -0.4 is 0 Å². The van der Waals surface area contributed by atoms with Crippen LogP contribution in [0.2, 0.25) is 0 Å². The number of epoxide rings is 1. The molecule has 0 radical (unpaired) electrons. The van der Waals surface area contributed by atoms with E-state index in [4.69, 9.17) is 9.47 Å². The van der Waals surface area contributed by atoms with Crippen LogP contribution in [0.15, 0.2) is 18.2 Å². The summed E-state index contributed by atoms with van der Waals surface area (Å²) in [6.45, 7) is 9.50. The number of aromatic nitrogens is 2. The van der Waals surface area contributed by atoms with E-state index in [1.165, 1.54) is 0 Å². The van der Waals surface area contributed by atoms with Crippen molar-refractivity contribution < 1.29 is 24.2 Å². The molecular weight excluding hydrogens is 444 g/mol. The van der Waals surface area contributed by atoms with E-state index >= 15 is 0 Å². The average Bonchev–Trinajstić information content (AvgIpc) is 3.50. The fraction of sp³-hybridized carbons (Fsp3) is 0.679. The molecule has 0 aliphatic carbocycles. The number of esters is 1. The van der Waals surface area contributed by atoms with Crippen molar-refractivity contribution in [2.45, 2.75) is 97.6 Å². The second-order valence-electron chi connectivity index (χ2n) is 11.3. The van der Waals surface area contributed by atoms with Gasteiger partial charge in [-0.15, -0.1) is 0 Å². The van der Waals surface area contributed by atoms with Crippen molar-refractivity contribution in [3.63, 3.8) is 0 Å². The Bertz CT molecular complexity index is 1090. The lowest BCUT2D eigenvalue weighted by molar-refractivity contribution is -0.151. The maximum atomic E-state index is 13.2. The molecule has 1 unspecified atom stereocenters. The molecule has 1 aromatic carbocycles. The number of benzene rings is 1. The summed E-state index contributed by atoms with van der Waals surface area (Å²) in [6, 6.07) is 6.04. The minimum absolute atomic E-state index is 0.00476. The highest BCUT2D eigenvalue weighted by molar-refractivity contribution is 5.87. The van der Waals surface area contributed by atoms with Gasteiger partial charge >= 0.3 is 5.97 Å². The van der Waals surface area contributed by atoms with E-state index in [1.807, 2.05) is 57.5 Å². The topological polar surface area (TPSA) is 94.0 Å². The van der Waals surface area contributed by atoms with E-state index in [-0.39, 0.29) is 36.3 Å². The number of Topliss-reactive ketones (excluding diaryl/α,β-unsaturated/α-hetero) is 1. The number of carbonyl (C=O) groups is 2. The molecule has 2 aliphatic rings. The van der Waals surface area contributed by atoms with Crippen LogP contribution in [0.5, 0.6) is 0 Å². The van der Waals surface area contributed by atoms with Crippen molar-refractivity contribution >= 4 is 22.8 Å². The number of ether oxygens (including phenoxy) is 2. The quantitative estimate of drug-likeness (QED) is 0.461. The van der Waals surface area contributed by atoms with Crippen molar-refractivity contribution in [3.05, 3.63) is 29.6 Å². The van der Waals surface area contributed by atoms with Crippen LogP contribution >= 0.6 is 0 Å². The Kier molecular flexibility index (Phi) is 7.39. The Hall–Kier alpha value is -2.25. The number of aryl methyl sites for hydroxylation is 2. The normalized spacial score (nSPS) is 32.8. The number of aliphatic hydroxyl groups is 1. The highest BCUT2D eigenvalue weighted by Crippen LogP contribution is 2.39. The number of carbonyl (C=O) groups excluding carboxylic acids is 2. The number of nitrogens with zero attached hydrogens (tertiary/aromatic N) is 2. The van der Waals surface area contributed by atoms with Gasteiger partial charge in [0.05, 0.1) is 29.3 Å². The Labute approximate surface area is 208 Å². The van der Waals surface area contributed by atoms with Gasteiger partial charge in [0.2, 0.25) is 0 Å². The van der Waals surface area contributed by atoms with E-state index in [1.54, 1.807) is 6.92 Å². The zero-order valence-electron chi connectivity index (χ0n) is 21.9. The standard InChI is InChI=1S/C28H40N2O5/c1-16-8-7-9-22-24(34-22)15-23(19-10-11-21-20(14-19)29-18(3)30(21)6)35-25(31)12-13-28(4,5)27(33)17(2)26(16)32/h10-11,14,16-17,22-24,26,32H,7-9,12-13,15H2,1-6H3/t16-,17+,22-,23-,24-,26?/m0/s1. The maximum absolute atomic E-state index is 13.2. The van der Waals surface area contributed by atoms with Gasteiger partial charge in [-0.25, -0.2) is 4.98 Å². The minimum Gasteiger partial charge on any atom is -0.457 e. The summed E-state index contributed by atoms with van der Waals surface area (Å²) in [5.41, 5.74) is 2.12. The molecule has 6 atom stereocenters. The summed E-state index contributed by atoms with van der Waals surface area (Å²) < 4.78 is 14.0. The molecule has 1 N–H and O–H groups in total. The first-order valence-electron chi connectivity index (χ1n) is 13.0. The van der Waals surface area contributed by atoms with Crippen molar-refractivity contribution in [1.29, 1.82) is 0 Å². The van der Waals surface area contributed by atoms with E-state index < -0.39 is 23.5 Å². The third-order valence-corrected chi connectivity index (χ3v) is 8.19. The second-order valence-corrected chi connectivity index (χ2v) is 11.3. The maximum Gasteiger partial charge on any atom is 0.306 e. The zero-order chi connectivity index (χ0) is 25.5. The fourth-order valence-electron chi connectivity index (χ4n) is 5.47. The monoisotopic (exact) mass is 484 g/mol. The van der Waals surface area contributed by atoms with Gasteiger partial charge < -0.3 is 19.1 Å². The van der Waals surface area contributed by atoms with Gasteiger partial charge in [0.25, 0.3) is 0 Å². The molecule has 2 fully saturated rings. The summed E-state index contributed by atoms with van der Waals surface area (Å²) in [5, 5.41) is 10.8. The Morgan fingerprint density at radius 3 is 2.63 bits per heavy atom. The smallest absolute Gasteiger partial charge is 0.306 e. The lowest BCUT2D eigenvalue weighted by atomic mass is 9.74. The number of hydrogen-bond donors (Lipinski definition) is 1. The largest absolute Gasteiger partial charge is 0.457 e. The summed E-state index contributed by atoms with van der Waals surface area (Å²) in [6.07, 6.45) is 2.89. The predicted molar refractivity (Wildman–Crippen MR) is 134 cm³/mol. The fourth-order valence-corrected chi connectivity index (χ4v) is 5.47. The van der Waals surface area contributed by atoms with Crippen LogP contribution in [0, 0.1) is 24.2 Å². The Balaban J connectivity index is 1.56. The van der Waals surface area contributed by atoms with Gasteiger partial charge in [0.15, 0.2) is 0 Å². The molecular formula is C28H40N2O5. The van der Waals surface area contributed by atoms with E-state index in [0.29, 0.717) is 12.8 Å². The molecule has 3 heterocycles. The Morgan fingerprint density at radius 2 is 1.89 bits per heavy atom. The van der Waals surface area contributed by atoms with E-state index in [0.717, 1.165) is 41.7 Å². The number of ketones is 1. The highest BCUT2D eigenvalue weighted by atomic mass is 16.6. The molecule has 192 valence electrons. The number of fused-ring (bicyclic) bond motifs is 2. The van der Waals surface area contributed by atoms with Crippen molar-refractivity contribution in [1.82, 2.24) is 9.55 Å². The van der Waals surface area contributed by atoms with E-state index in [2.05, 4.69) is 4.98 Å². The van der Waals surface area contributed by atoms with Gasteiger partial charge in [-0.2, -0.15) is 0 Å². The SMILES string of the molecule is Cc1nc2cc([C@@H]3C[C@@H]4O[C@H]4CCC[C@H](C)C(O)[C@@H](C)C(=O)C(C)(C)CCC(=O)O3)ccc2n1C. The van der Waals surface area contributed by atoms with Crippen LogP contribution in [-0.4, -0.2) is 44.7 Å². The van der Waals surface area contributed by atoms with Crippen LogP contribution in [0.1, 0.15) is 83.7 Å². The summed E-state index contributed by atoms with van der Waals surface area (Å²) in [7, 11) is 1.99. The van der Waals surface area contributed by atoms with Crippen LogP contribution in [-0.2, 0) is 26.1 Å². The minimum atomic E-state index is -0.721. The molecule has 0 spiro atoms. The summed E-state index contributed by atoms with van der Waals surface area (Å²) in [5.74, 6) is 0.156. The number of cyclic esters (lactones) is 1. The van der Waals surface area contributed by atoms with Gasteiger partial charge in [-0.3, -0.25) is 9.59 Å². The molecule has 0 bridgehead atoms. The molecule has 0 amide bonds. The molecule has 2 saturated heterocycles. The number of aliphatic hydroxyl groups excluding tert-OH is 1. The highest BCUT2D eigenvalue weighted by Gasteiger charge is 2.42. The van der Waals surface area contributed by atoms with Crippen molar-refractivity contribution in [2.24, 2.45) is 24.3 Å². The van der Waals surface area contributed by atoms with Crippen LogP contribution in [0.4, 0.5) is 0 Å². The van der Waals surface area contributed by atoms with Crippen LogP contribution in [0.3, 0.4) is 0 Å². The molecule has 7 heteroatoms. The van der Waals surface area contributed by atoms with Gasteiger partial charge in [-0.1, -0.05) is 40.2 Å². The first-order chi connectivity index (χ1) is 16.5. The Morgan fingerprint density at radius 1 is 1.14 bits per heavy atom. The molecule has 2 aromatic rings. The second kappa shape index (κ2) is 10.0. The first kappa shape index (κ1) is 25.8. The summed E-state index contributed by atoms with van der Waals surface area (Å²) in [4.78, 5) is 30.8. The van der Waals surface area contributed by atoms with Crippen LogP contribution in [0.25, 0.3) is 11.0 Å². The van der Waals surface area contributed by atoms with Gasteiger partial charge in [-0.05, 0) is 49.8 Å². The molecule has 7 nitrogen and oxygen atoms in total. The third kappa shape index (κ3) is 5.61. The molecule has 2 aliphatic heterocycles. The summed E-state index contributed by atoms with van der Waals surface area (Å²) >= 11 is 0. The lowest BCUT2D eigenvalue weighted by Crippen LogP contribution is -2.39. The molecule has 35 heavy (non-hydrogen) atoms. The predicted octanol–water partition coefficient (Wildman–Crippen LogP) is 4.82. The van der Waals surface area contributed by atoms with Crippen molar-refractivity contribution in [2.75, 3.05) is 0 Å². The molecule has 4 rings (SSSR count). The average molecular weight is 485 g/mol. The zero-order valence-corrected chi connectivity index (χ0v) is 21.9. The van der Waals surface area contributed by atoms with Gasteiger partial charge in [0.1, 0.15) is 17.7 Å².